The first kappa shape index (κ1) is 24.0. The summed E-state index contributed by atoms with van der Waals surface area (Å²) in [5, 5.41) is 9.52. The summed E-state index contributed by atoms with van der Waals surface area (Å²) >= 11 is 0. The Bertz CT molecular complexity index is 1070. The lowest BCUT2D eigenvalue weighted by Gasteiger charge is -2.12. The molecule has 2 aromatic carbocycles. The fourth-order valence-electron chi connectivity index (χ4n) is 3.10. The van der Waals surface area contributed by atoms with Crippen molar-refractivity contribution in [2.75, 3.05) is 11.9 Å². The standard InChI is InChI=1S/C26H33N5O2/c1-5-19(4)24(32)30-22-9-7-8-20(14-22)15-28-26(27-6-2)29-16-23-17-33-25(31-23)21-12-10-18(3)11-13-21/h7-14,17,19H,5-6,15-16H2,1-4H3,(H,30,32)(H2,27,28,29). The first-order valence-electron chi connectivity index (χ1n) is 11.4. The summed E-state index contributed by atoms with van der Waals surface area (Å²) in [5.41, 5.74) is 4.75. The summed E-state index contributed by atoms with van der Waals surface area (Å²) in [7, 11) is 0. The van der Waals surface area contributed by atoms with Crippen molar-refractivity contribution in [1.82, 2.24) is 15.6 Å². The number of benzene rings is 2. The Hall–Kier alpha value is -3.61. The van der Waals surface area contributed by atoms with Crippen molar-refractivity contribution < 1.29 is 9.21 Å². The van der Waals surface area contributed by atoms with Crippen LogP contribution >= 0.6 is 0 Å². The Morgan fingerprint density at radius 2 is 1.91 bits per heavy atom. The average molecular weight is 448 g/mol. The van der Waals surface area contributed by atoms with Crippen LogP contribution in [0.4, 0.5) is 5.69 Å². The third-order valence-electron chi connectivity index (χ3n) is 5.31. The van der Waals surface area contributed by atoms with Crippen LogP contribution in [0.3, 0.4) is 0 Å². The molecule has 7 heteroatoms. The second-order valence-electron chi connectivity index (χ2n) is 8.06. The summed E-state index contributed by atoms with van der Waals surface area (Å²) < 4.78 is 5.64. The third-order valence-corrected chi connectivity index (χ3v) is 5.31. The van der Waals surface area contributed by atoms with Gasteiger partial charge in [-0.3, -0.25) is 4.79 Å². The van der Waals surface area contributed by atoms with Crippen molar-refractivity contribution >= 4 is 17.6 Å². The van der Waals surface area contributed by atoms with Gasteiger partial charge >= 0.3 is 0 Å². The number of nitrogens with zero attached hydrogens (tertiary/aromatic N) is 2. The zero-order chi connectivity index (χ0) is 23.6. The van der Waals surface area contributed by atoms with Crippen molar-refractivity contribution in [3.8, 4) is 11.5 Å². The van der Waals surface area contributed by atoms with Gasteiger partial charge in [0.15, 0.2) is 5.96 Å². The van der Waals surface area contributed by atoms with Crippen LogP contribution in [0.25, 0.3) is 11.5 Å². The maximum absolute atomic E-state index is 12.2. The molecule has 7 nitrogen and oxygen atoms in total. The van der Waals surface area contributed by atoms with Gasteiger partial charge in [0.1, 0.15) is 6.26 Å². The summed E-state index contributed by atoms with van der Waals surface area (Å²) in [6, 6.07) is 15.9. The SMILES string of the molecule is CCNC(=NCc1cccc(NC(=O)C(C)CC)c1)NCc1coc(-c2ccc(C)cc2)n1. The fraction of sp³-hybridized carbons (Fsp3) is 0.346. The third kappa shape index (κ3) is 7.20. The number of aromatic nitrogens is 1. The van der Waals surface area contributed by atoms with Gasteiger partial charge in [0, 0.05) is 23.7 Å². The molecule has 33 heavy (non-hydrogen) atoms. The molecule has 1 amide bonds. The first-order valence-corrected chi connectivity index (χ1v) is 11.4. The number of carbonyl (C=O) groups is 1. The van der Waals surface area contributed by atoms with Gasteiger partial charge < -0.3 is 20.4 Å². The van der Waals surface area contributed by atoms with Gasteiger partial charge in [-0.2, -0.15) is 0 Å². The zero-order valence-corrected chi connectivity index (χ0v) is 19.8. The van der Waals surface area contributed by atoms with E-state index in [0.29, 0.717) is 24.9 Å². The van der Waals surface area contributed by atoms with E-state index in [4.69, 9.17) is 4.42 Å². The van der Waals surface area contributed by atoms with Crippen LogP contribution < -0.4 is 16.0 Å². The lowest BCUT2D eigenvalue weighted by atomic mass is 10.1. The molecule has 0 saturated carbocycles. The molecule has 1 aromatic heterocycles. The highest BCUT2D eigenvalue weighted by atomic mass is 16.3. The van der Waals surface area contributed by atoms with Crippen LogP contribution in [0.1, 0.15) is 44.0 Å². The minimum atomic E-state index is -0.0145. The van der Waals surface area contributed by atoms with Crippen molar-refractivity contribution in [3.05, 3.63) is 71.6 Å². The van der Waals surface area contributed by atoms with Crippen LogP contribution in [0.15, 0.2) is 64.2 Å². The van der Waals surface area contributed by atoms with Gasteiger partial charge in [-0.1, -0.05) is 43.7 Å². The molecule has 3 N–H and O–H groups in total. The van der Waals surface area contributed by atoms with Gasteiger partial charge in [-0.25, -0.2) is 9.98 Å². The van der Waals surface area contributed by atoms with Crippen LogP contribution in [0, 0.1) is 12.8 Å². The first-order chi connectivity index (χ1) is 16.0. The molecule has 174 valence electrons. The Morgan fingerprint density at radius 3 is 2.64 bits per heavy atom. The van der Waals surface area contributed by atoms with E-state index in [1.807, 2.05) is 69.3 Å². The van der Waals surface area contributed by atoms with Crippen LogP contribution in [0.2, 0.25) is 0 Å². The van der Waals surface area contributed by atoms with Crippen LogP contribution in [-0.2, 0) is 17.9 Å². The minimum Gasteiger partial charge on any atom is -0.444 e. The molecule has 0 saturated heterocycles. The molecule has 1 atom stereocenters. The molecule has 0 radical (unpaired) electrons. The number of amides is 1. The molecule has 0 aliphatic carbocycles. The van der Waals surface area contributed by atoms with E-state index in [1.165, 1.54) is 5.56 Å². The number of hydrogen-bond donors (Lipinski definition) is 3. The van der Waals surface area contributed by atoms with Crippen molar-refractivity contribution in [3.63, 3.8) is 0 Å². The molecule has 0 aliphatic heterocycles. The van der Waals surface area contributed by atoms with Gasteiger partial charge in [-0.05, 0) is 50.1 Å². The second kappa shape index (κ2) is 11.9. The highest BCUT2D eigenvalue weighted by molar-refractivity contribution is 5.92. The van der Waals surface area contributed by atoms with E-state index < -0.39 is 0 Å². The normalized spacial score (nSPS) is 12.3. The second-order valence-corrected chi connectivity index (χ2v) is 8.06. The van der Waals surface area contributed by atoms with Gasteiger partial charge in [0.25, 0.3) is 0 Å². The zero-order valence-electron chi connectivity index (χ0n) is 19.8. The van der Waals surface area contributed by atoms with Gasteiger partial charge in [0.2, 0.25) is 11.8 Å². The van der Waals surface area contributed by atoms with Crippen molar-refractivity contribution in [2.24, 2.45) is 10.9 Å². The number of guanidine groups is 1. The van der Waals surface area contributed by atoms with Crippen LogP contribution in [0.5, 0.6) is 0 Å². The molecule has 0 fully saturated rings. The number of rotatable bonds is 9. The molecule has 1 heterocycles. The van der Waals surface area contributed by atoms with Gasteiger partial charge in [-0.15, -0.1) is 0 Å². The molecule has 1 unspecified atom stereocenters. The van der Waals surface area contributed by atoms with Gasteiger partial charge in [0.05, 0.1) is 18.8 Å². The number of aryl methyl sites for hydroxylation is 1. The Labute approximate surface area is 195 Å². The topological polar surface area (TPSA) is 91.5 Å². The monoisotopic (exact) mass is 447 g/mol. The number of carbonyl (C=O) groups excluding carboxylic acids is 1. The molecule has 0 bridgehead atoms. The molecule has 3 aromatic rings. The Balaban J connectivity index is 1.60. The summed E-state index contributed by atoms with van der Waals surface area (Å²) in [4.78, 5) is 21.4. The predicted octanol–water partition coefficient (Wildman–Crippen LogP) is 4.89. The molecule has 3 rings (SSSR count). The van der Waals surface area contributed by atoms with E-state index in [1.54, 1.807) is 6.26 Å². The van der Waals surface area contributed by atoms with E-state index in [0.717, 1.165) is 35.5 Å². The quantitative estimate of drug-likeness (QED) is 0.321. The number of nitrogens with one attached hydrogen (secondary N) is 3. The summed E-state index contributed by atoms with van der Waals surface area (Å²) in [5.74, 6) is 1.31. The van der Waals surface area contributed by atoms with Crippen molar-refractivity contribution in [1.29, 1.82) is 0 Å². The lowest BCUT2D eigenvalue weighted by molar-refractivity contribution is -0.119. The fourth-order valence-corrected chi connectivity index (χ4v) is 3.10. The number of anilines is 1. The highest BCUT2D eigenvalue weighted by Gasteiger charge is 2.11. The van der Waals surface area contributed by atoms with E-state index in [-0.39, 0.29) is 11.8 Å². The number of aliphatic imine (C=N–C) groups is 1. The number of hydrogen-bond acceptors (Lipinski definition) is 4. The summed E-state index contributed by atoms with van der Waals surface area (Å²) in [6.45, 7) is 9.72. The van der Waals surface area contributed by atoms with E-state index in [9.17, 15) is 4.79 Å². The largest absolute Gasteiger partial charge is 0.444 e. The predicted molar refractivity (Wildman–Crippen MR) is 133 cm³/mol. The molecular formula is C26H33N5O2. The highest BCUT2D eigenvalue weighted by Crippen LogP contribution is 2.19. The lowest BCUT2D eigenvalue weighted by Crippen LogP contribution is -2.36. The molecule has 0 aliphatic rings. The van der Waals surface area contributed by atoms with Crippen molar-refractivity contribution in [2.45, 2.75) is 47.2 Å². The maximum Gasteiger partial charge on any atom is 0.227 e. The summed E-state index contributed by atoms with van der Waals surface area (Å²) in [6.07, 6.45) is 2.47. The smallest absolute Gasteiger partial charge is 0.227 e. The number of oxazole rings is 1. The molecule has 0 spiro atoms. The minimum absolute atomic E-state index is 0.0145. The average Bonchev–Trinajstić information content (AvgIpc) is 3.30. The Kier molecular flexibility index (Phi) is 8.63. The maximum atomic E-state index is 12.2. The van der Waals surface area contributed by atoms with Crippen LogP contribution in [-0.4, -0.2) is 23.4 Å². The Morgan fingerprint density at radius 1 is 1.12 bits per heavy atom. The van der Waals surface area contributed by atoms with E-state index >= 15 is 0 Å². The van der Waals surface area contributed by atoms with E-state index in [2.05, 4.69) is 32.9 Å². The molecular weight excluding hydrogens is 414 g/mol.